The highest BCUT2D eigenvalue weighted by Crippen LogP contribution is 2.40. The molecule has 9 heteroatoms. The second-order valence-corrected chi connectivity index (χ2v) is 7.63. The van der Waals surface area contributed by atoms with Crippen LogP contribution in [0, 0.1) is 5.92 Å². The van der Waals surface area contributed by atoms with Gasteiger partial charge < -0.3 is 14.4 Å². The topological polar surface area (TPSA) is 58.0 Å². The lowest BCUT2D eigenvalue weighted by atomic mass is 9.92. The van der Waals surface area contributed by atoms with Gasteiger partial charge in [0.05, 0.1) is 6.04 Å². The van der Waals surface area contributed by atoms with Gasteiger partial charge in [0.25, 0.3) is 5.95 Å². The van der Waals surface area contributed by atoms with Crippen LogP contribution < -0.4 is 4.90 Å². The number of hydrogen-bond donors (Lipinski definition) is 1. The molecular weight excluding hydrogens is 381 g/mol. The van der Waals surface area contributed by atoms with Crippen molar-refractivity contribution in [2.24, 2.45) is 5.92 Å². The van der Waals surface area contributed by atoms with Crippen LogP contribution in [-0.2, 0) is 12.6 Å². The molecule has 1 N–H and O–H groups in total. The zero-order valence-corrected chi connectivity index (χ0v) is 15.5. The maximum Gasteiger partial charge on any atom is 0.471 e. The van der Waals surface area contributed by atoms with Crippen LogP contribution in [0.4, 0.5) is 19.1 Å². The van der Waals surface area contributed by atoms with E-state index in [0.29, 0.717) is 23.9 Å². The number of nitrogens with one attached hydrogen (secondary N) is 1. The molecule has 0 unspecified atom stereocenters. The lowest BCUT2D eigenvalue weighted by Crippen LogP contribution is -2.37. The molecule has 2 aromatic heterocycles. The number of aromatic nitrogens is 3. The number of alkyl halides is 3. The number of aromatic amines is 1. The molecule has 0 saturated carbocycles. The maximum absolute atomic E-state index is 12.9. The van der Waals surface area contributed by atoms with E-state index < -0.39 is 12.1 Å². The molecule has 0 bridgehead atoms. The maximum atomic E-state index is 12.9. The third-order valence-corrected chi connectivity index (χ3v) is 5.06. The van der Waals surface area contributed by atoms with Crippen molar-refractivity contribution in [3.05, 3.63) is 40.4 Å². The van der Waals surface area contributed by atoms with Gasteiger partial charge in [-0.15, -0.1) is 0 Å². The second-order valence-electron chi connectivity index (χ2n) is 7.19. The first-order valence-corrected chi connectivity index (χ1v) is 9.09. The highest BCUT2D eigenvalue weighted by atomic mass is 35.5. The van der Waals surface area contributed by atoms with Crippen molar-refractivity contribution in [1.29, 1.82) is 0 Å². The molecule has 0 spiro atoms. The molecule has 5 nitrogen and oxygen atoms in total. The number of hydrogen-bond acceptors (Lipinski definition) is 4. The summed E-state index contributed by atoms with van der Waals surface area (Å²) in [7, 11) is 0. The summed E-state index contributed by atoms with van der Waals surface area (Å²) in [6, 6.07) is 5.49. The summed E-state index contributed by atoms with van der Waals surface area (Å²) in [4.78, 5) is 8.81. The molecule has 4 rings (SSSR count). The van der Waals surface area contributed by atoms with Gasteiger partial charge in [-0.2, -0.15) is 18.2 Å². The molecule has 3 aromatic rings. The molecule has 0 fully saturated rings. The fourth-order valence-electron chi connectivity index (χ4n) is 3.72. The first-order chi connectivity index (χ1) is 12.7. The number of benzene rings is 1. The van der Waals surface area contributed by atoms with Gasteiger partial charge in [0.2, 0.25) is 0 Å². The predicted molar refractivity (Wildman–Crippen MR) is 95.9 cm³/mol. The van der Waals surface area contributed by atoms with E-state index >= 15 is 0 Å². The Labute approximate surface area is 158 Å². The molecule has 1 aliphatic rings. The first kappa shape index (κ1) is 18.2. The Kier molecular flexibility index (Phi) is 4.33. The minimum Gasteiger partial charge on any atom is -0.356 e. The Bertz CT molecular complexity index is 979. The minimum absolute atomic E-state index is 0.0321. The van der Waals surface area contributed by atoms with Crippen LogP contribution in [0.3, 0.4) is 0 Å². The van der Waals surface area contributed by atoms with Gasteiger partial charge >= 0.3 is 12.1 Å². The first-order valence-electron chi connectivity index (χ1n) is 8.71. The number of rotatable bonds is 3. The van der Waals surface area contributed by atoms with E-state index in [0.717, 1.165) is 28.6 Å². The molecule has 0 saturated heterocycles. The van der Waals surface area contributed by atoms with Crippen molar-refractivity contribution >= 4 is 28.5 Å². The van der Waals surface area contributed by atoms with Gasteiger partial charge in [0.15, 0.2) is 0 Å². The Morgan fingerprint density at radius 1 is 1.37 bits per heavy atom. The third-order valence-electron chi connectivity index (χ3n) is 4.82. The molecular formula is C18H18ClF3N4O. The zero-order valence-electron chi connectivity index (χ0n) is 14.8. The van der Waals surface area contributed by atoms with Crippen molar-refractivity contribution < 1.29 is 17.7 Å². The molecule has 144 valence electrons. The van der Waals surface area contributed by atoms with Gasteiger partial charge in [-0.25, -0.2) is 0 Å². The smallest absolute Gasteiger partial charge is 0.356 e. The number of halogens is 4. The van der Waals surface area contributed by atoms with E-state index in [9.17, 15) is 13.2 Å². The highest BCUT2D eigenvalue weighted by Gasteiger charge is 2.40. The van der Waals surface area contributed by atoms with Gasteiger partial charge in [-0.05, 0) is 47.7 Å². The summed E-state index contributed by atoms with van der Waals surface area (Å²) >= 11 is 6.15. The SMILES string of the molecule is CC(C)C[C@H]1c2[nH]c3ccc(Cl)cc3c2CCN1c1noc(C(F)(F)F)n1. The fraction of sp³-hybridized carbons (Fsp3) is 0.444. The Morgan fingerprint density at radius 2 is 2.15 bits per heavy atom. The summed E-state index contributed by atoms with van der Waals surface area (Å²) < 4.78 is 43.0. The number of nitrogens with zero attached hydrogens (tertiary/aromatic N) is 3. The summed E-state index contributed by atoms with van der Waals surface area (Å²) in [5.41, 5.74) is 3.09. The van der Waals surface area contributed by atoms with Crippen molar-refractivity contribution in [3.63, 3.8) is 0 Å². The Morgan fingerprint density at radius 3 is 2.81 bits per heavy atom. The molecule has 27 heavy (non-hydrogen) atoms. The van der Waals surface area contributed by atoms with E-state index in [-0.39, 0.29) is 12.0 Å². The van der Waals surface area contributed by atoms with Gasteiger partial charge in [0.1, 0.15) is 0 Å². The Balaban J connectivity index is 1.78. The molecule has 1 aliphatic heterocycles. The monoisotopic (exact) mass is 398 g/mol. The fourth-order valence-corrected chi connectivity index (χ4v) is 3.89. The third kappa shape index (κ3) is 3.26. The van der Waals surface area contributed by atoms with Crippen LogP contribution in [0.1, 0.15) is 43.5 Å². The quantitative estimate of drug-likeness (QED) is 0.644. The number of H-pyrrole nitrogens is 1. The molecule has 0 aliphatic carbocycles. The van der Waals surface area contributed by atoms with E-state index in [1.807, 2.05) is 18.2 Å². The average molecular weight is 399 g/mol. The van der Waals surface area contributed by atoms with Crippen LogP contribution in [0.25, 0.3) is 10.9 Å². The van der Waals surface area contributed by atoms with Crippen LogP contribution in [0.5, 0.6) is 0 Å². The average Bonchev–Trinajstić information content (AvgIpc) is 3.19. The predicted octanol–water partition coefficient (Wildman–Crippen LogP) is 5.37. The summed E-state index contributed by atoms with van der Waals surface area (Å²) in [6.07, 6.45) is -3.26. The van der Waals surface area contributed by atoms with Gasteiger partial charge in [-0.1, -0.05) is 25.4 Å². The minimum atomic E-state index is -4.66. The van der Waals surface area contributed by atoms with Crippen molar-refractivity contribution in [2.75, 3.05) is 11.4 Å². The van der Waals surface area contributed by atoms with E-state index in [4.69, 9.17) is 11.6 Å². The lowest BCUT2D eigenvalue weighted by Gasteiger charge is -2.35. The number of fused-ring (bicyclic) bond motifs is 3. The largest absolute Gasteiger partial charge is 0.471 e. The second kappa shape index (κ2) is 6.44. The Hall–Kier alpha value is -2.22. The summed E-state index contributed by atoms with van der Waals surface area (Å²) in [5, 5.41) is 5.29. The van der Waals surface area contributed by atoms with Crippen LogP contribution in [0.2, 0.25) is 5.02 Å². The van der Waals surface area contributed by atoms with Crippen LogP contribution >= 0.6 is 11.6 Å². The summed E-state index contributed by atoms with van der Waals surface area (Å²) in [5.74, 6) is -1.03. The van der Waals surface area contributed by atoms with Gasteiger partial charge in [0, 0.05) is 28.2 Å². The standard InChI is InChI=1S/C18H18ClF3N4O/c1-9(2)7-14-15-11(12-8-10(19)3-4-13(12)23-15)5-6-26(14)17-24-16(27-25-17)18(20,21)22/h3-4,8-9,14,23H,5-7H2,1-2H3/t14-/m0/s1. The van der Waals surface area contributed by atoms with E-state index in [1.54, 1.807) is 4.90 Å². The molecule has 0 amide bonds. The zero-order chi connectivity index (χ0) is 19.3. The molecule has 1 atom stereocenters. The molecule has 3 heterocycles. The van der Waals surface area contributed by atoms with Crippen molar-refractivity contribution in [3.8, 4) is 0 Å². The summed E-state index contributed by atoms with van der Waals surface area (Å²) in [6.45, 7) is 4.65. The van der Waals surface area contributed by atoms with Crippen molar-refractivity contribution in [1.82, 2.24) is 15.1 Å². The van der Waals surface area contributed by atoms with Crippen LogP contribution in [-0.4, -0.2) is 21.7 Å². The van der Waals surface area contributed by atoms with Crippen LogP contribution in [0.15, 0.2) is 22.7 Å². The highest BCUT2D eigenvalue weighted by molar-refractivity contribution is 6.31. The number of anilines is 1. The van der Waals surface area contributed by atoms with E-state index in [2.05, 4.69) is 33.5 Å². The lowest BCUT2D eigenvalue weighted by molar-refractivity contribution is -0.159. The molecule has 1 aromatic carbocycles. The normalized spacial score (nSPS) is 17.7. The van der Waals surface area contributed by atoms with E-state index in [1.165, 1.54) is 0 Å². The van der Waals surface area contributed by atoms with Gasteiger partial charge in [-0.3, -0.25) is 0 Å². The molecule has 0 radical (unpaired) electrons. The van der Waals surface area contributed by atoms with Crippen molar-refractivity contribution in [2.45, 2.75) is 38.9 Å².